The molecule has 0 saturated carbocycles. The highest BCUT2D eigenvalue weighted by molar-refractivity contribution is 8.00. The van der Waals surface area contributed by atoms with Crippen molar-refractivity contribution in [3.8, 4) is 11.5 Å². The van der Waals surface area contributed by atoms with Crippen molar-refractivity contribution < 1.29 is 14.3 Å². The fraction of sp³-hybridized carbons (Fsp3) is 0.435. The van der Waals surface area contributed by atoms with Crippen molar-refractivity contribution >= 4 is 17.7 Å². The number of hydrogen-bond donors (Lipinski definition) is 1. The van der Waals surface area contributed by atoms with Crippen LogP contribution in [0.1, 0.15) is 24.4 Å². The number of rotatable bonds is 8. The Labute approximate surface area is 177 Å². The lowest BCUT2D eigenvalue weighted by Crippen LogP contribution is -2.42. The Morgan fingerprint density at radius 1 is 1.14 bits per heavy atom. The van der Waals surface area contributed by atoms with E-state index < -0.39 is 0 Å². The molecule has 2 atom stereocenters. The molecule has 0 aromatic heterocycles. The van der Waals surface area contributed by atoms with E-state index in [1.807, 2.05) is 36.4 Å². The average Bonchev–Trinajstić information content (AvgIpc) is 2.76. The number of thioether (sulfide) groups is 1. The Balaban J connectivity index is 1.56. The SMILES string of the molecule is COc1ccc(C2C(CNC(=O)CSc3cccc(OC)c3)CCCN2C)cc1. The van der Waals surface area contributed by atoms with Gasteiger partial charge in [0.15, 0.2) is 0 Å². The van der Waals surface area contributed by atoms with Crippen LogP contribution < -0.4 is 14.8 Å². The van der Waals surface area contributed by atoms with Gasteiger partial charge in [-0.1, -0.05) is 18.2 Å². The first-order valence-electron chi connectivity index (χ1n) is 9.98. The predicted octanol–water partition coefficient (Wildman–Crippen LogP) is 4.00. The largest absolute Gasteiger partial charge is 0.497 e. The van der Waals surface area contributed by atoms with Crippen LogP contribution in [0.25, 0.3) is 0 Å². The summed E-state index contributed by atoms with van der Waals surface area (Å²) in [5.74, 6) is 2.55. The van der Waals surface area contributed by atoms with Crippen molar-refractivity contribution in [1.82, 2.24) is 10.2 Å². The molecule has 5 nitrogen and oxygen atoms in total. The number of carbonyl (C=O) groups excluding carboxylic acids is 1. The minimum absolute atomic E-state index is 0.0690. The van der Waals surface area contributed by atoms with Crippen molar-refractivity contribution in [3.05, 3.63) is 54.1 Å². The number of methoxy groups -OCH3 is 2. The Kier molecular flexibility index (Phi) is 7.83. The van der Waals surface area contributed by atoms with Gasteiger partial charge in [0.05, 0.1) is 20.0 Å². The van der Waals surface area contributed by atoms with Gasteiger partial charge in [-0.05, 0) is 68.2 Å². The number of nitrogens with one attached hydrogen (secondary N) is 1. The summed E-state index contributed by atoms with van der Waals surface area (Å²) >= 11 is 1.53. The molecule has 0 spiro atoms. The maximum absolute atomic E-state index is 12.4. The zero-order valence-corrected chi connectivity index (χ0v) is 18.2. The van der Waals surface area contributed by atoms with Crippen LogP contribution in [-0.4, -0.2) is 50.9 Å². The minimum Gasteiger partial charge on any atom is -0.497 e. The Morgan fingerprint density at radius 3 is 2.62 bits per heavy atom. The molecule has 0 aliphatic carbocycles. The highest BCUT2D eigenvalue weighted by atomic mass is 32.2. The normalized spacial score (nSPS) is 19.6. The molecule has 6 heteroatoms. The quantitative estimate of drug-likeness (QED) is 0.662. The molecular weight excluding hydrogens is 384 g/mol. The topological polar surface area (TPSA) is 50.8 Å². The number of amides is 1. The van der Waals surface area contributed by atoms with Crippen LogP contribution in [0.5, 0.6) is 11.5 Å². The molecule has 1 fully saturated rings. The highest BCUT2D eigenvalue weighted by Gasteiger charge is 2.30. The van der Waals surface area contributed by atoms with Gasteiger partial charge in [0.2, 0.25) is 5.91 Å². The lowest BCUT2D eigenvalue weighted by molar-refractivity contribution is -0.118. The Morgan fingerprint density at radius 2 is 1.90 bits per heavy atom. The van der Waals surface area contributed by atoms with Gasteiger partial charge in [0.1, 0.15) is 11.5 Å². The minimum atomic E-state index is 0.0690. The number of benzene rings is 2. The molecule has 1 heterocycles. The van der Waals surface area contributed by atoms with E-state index in [1.54, 1.807) is 14.2 Å². The zero-order valence-electron chi connectivity index (χ0n) is 17.4. The van der Waals surface area contributed by atoms with E-state index in [9.17, 15) is 4.79 Å². The predicted molar refractivity (Wildman–Crippen MR) is 118 cm³/mol. The van der Waals surface area contributed by atoms with Gasteiger partial charge in [0, 0.05) is 17.5 Å². The summed E-state index contributed by atoms with van der Waals surface area (Å²) < 4.78 is 10.5. The maximum atomic E-state index is 12.4. The van der Waals surface area contributed by atoms with E-state index in [2.05, 4.69) is 29.4 Å². The molecule has 1 N–H and O–H groups in total. The molecule has 2 unspecified atom stereocenters. The number of likely N-dealkylation sites (tertiary alicyclic amines) is 1. The summed E-state index contributed by atoms with van der Waals surface area (Å²) in [6, 6.07) is 16.4. The number of carbonyl (C=O) groups is 1. The summed E-state index contributed by atoms with van der Waals surface area (Å²) in [7, 11) is 5.50. The smallest absolute Gasteiger partial charge is 0.230 e. The van der Waals surface area contributed by atoms with Gasteiger partial charge < -0.3 is 14.8 Å². The van der Waals surface area contributed by atoms with Crippen LogP contribution in [0, 0.1) is 5.92 Å². The van der Waals surface area contributed by atoms with E-state index in [4.69, 9.17) is 9.47 Å². The molecular formula is C23H30N2O3S. The number of nitrogens with zero attached hydrogens (tertiary/aromatic N) is 1. The number of piperidine rings is 1. The molecule has 0 radical (unpaired) electrons. The first-order chi connectivity index (χ1) is 14.1. The van der Waals surface area contributed by atoms with E-state index in [0.29, 0.717) is 24.3 Å². The first-order valence-corrected chi connectivity index (χ1v) is 11.0. The van der Waals surface area contributed by atoms with Gasteiger partial charge in [-0.2, -0.15) is 0 Å². The highest BCUT2D eigenvalue weighted by Crippen LogP contribution is 2.35. The van der Waals surface area contributed by atoms with Gasteiger partial charge in [-0.3, -0.25) is 9.69 Å². The zero-order chi connectivity index (χ0) is 20.6. The molecule has 3 rings (SSSR count). The Hall–Kier alpha value is -2.18. The van der Waals surface area contributed by atoms with Crippen LogP contribution in [0.3, 0.4) is 0 Å². The molecule has 0 bridgehead atoms. The molecule has 1 saturated heterocycles. The Bertz CT molecular complexity index is 797. The van der Waals surface area contributed by atoms with Crippen LogP contribution >= 0.6 is 11.8 Å². The molecule has 2 aromatic rings. The van der Waals surface area contributed by atoms with E-state index >= 15 is 0 Å². The van der Waals surface area contributed by atoms with Crippen LogP contribution in [0.2, 0.25) is 0 Å². The second-order valence-electron chi connectivity index (χ2n) is 7.37. The maximum Gasteiger partial charge on any atom is 0.230 e. The second kappa shape index (κ2) is 10.6. The van der Waals surface area contributed by atoms with Gasteiger partial charge >= 0.3 is 0 Å². The van der Waals surface area contributed by atoms with Crippen molar-refractivity contribution in [2.24, 2.45) is 5.92 Å². The number of ether oxygens (including phenoxy) is 2. The fourth-order valence-corrected chi connectivity index (χ4v) is 4.71. The van der Waals surface area contributed by atoms with Crippen molar-refractivity contribution in [1.29, 1.82) is 0 Å². The molecule has 1 amide bonds. The van der Waals surface area contributed by atoms with Crippen LogP contribution in [0.15, 0.2) is 53.4 Å². The second-order valence-corrected chi connectivity index (χ2v) is 8.42. The lowest BCUT2D eigenvalue weighted by atomic mass is 9.85. The molecule has 29 heavy (non-hydrogen) atoms. The van der Waals surface area contributed by atoms with Crippen molar-refractivity contribution in [2.75, 3.05) is 40.1 Å². The average molecular weight is 415 g/mol. The van der Waals surface area contributed by atoms with E-state index in [-0.39, 0.29) is 5.91 Å². The lowest BCUT2D eigenvalue weighted by Gasteiger charge is -2.39. The molecule has 156 valence electrons. The third kappa shape index (κ3) is 5.90. The van der Waals surface area contributed by atoms with Crippen LogP contribution in [-0.2, 0) is 4.79 Å². The van der Waals surface area contributed by atoms with Gasteiger partial charge in [0.25, 0.3) is 0 Å². The standard InChI is InChI=1S/C23H30N2O3S/c1-25-13-5-6-18(23(25)17-9-11-19(27-2)12-10-17)15-24-22(26)16-29-21-8-4-7-20(14-21)28-3/h4,7-12,14,18,23H,5-6,13,15-16H2,1-3H3,(H,24,26). The molecule has 1 aliphatic rings. The monoisotopic (exact) mass is 414 g/mol. The van der Waals surface area contributed by atoms with Gasteiger partial charge in [-0.25, -0.2) is 0 Å². The summed E-state index contributed by atoms with van der Waals surface area (Å²) in [5, 5.41) is 3.15. The number of hydrogen-bond acceptors (Lipinski definition) is 5. The van der Waals surface area contributed by atoms with Crippen LogP contribution in [0.4, 0.5) is 0 Å². The summed E-state index contributed by atoms with van der Waals surface area (Å²) in [5.41, 5.74) is 1.28. The summed E-state index contributed by atoms with van der Waals surface area (Å²) in [4.78, 5) is 15.9. The molecule has 1 aliphatic heterocycles. The molecule has 2 aromatic carbocycles. The van der Waals surface area contributed by atoms with E-state index in [1.165, 1.54) is 17.3 Å². The van der Waals surface area contributed by atoms with Crippen molar-refractivity contribution in [3.63, 3.8) is 0 Å². The summed E-state index contributed by atoms with van der Waals surface area (Å²) in [6.45, 7) is 1.77. The first kappa shape index (κ1) is 21.5. The third-order valence-electron chi connectivity index (χ3n) is 5.44. The summed E-state index contributed by atoms with van der Waals surface area (Å²) in [6.07, 6.45) is 2.27. The van der Waals surface area contributed by atoms with Crippen molar-refractivity contribution in [2.45, 2.75) is 23.8 Å². The van der Waals surface area contributed by atoms with E-state index in [0.717, 1.165) is 35.8 Å². The van der Waals surface area contributed by atoms with Gasteiger partial charge in [-0.15, -0.1) is 11.8 Å². The fourth-order valence-electron chi connectivity index (χ4n) is 3.94. The third-order valence-corrected chi connectivity index (χ3v) is 6.43.